The van der Waals surface area contributed by atoms with E-state index in [1.807, 2.05) is 97.9 Å². The van der Waals surface area contributed by atoms with Crippen LogP contribution in [-0.4, -0.2) is 15.7 Å². The van der Waals surface area contributed by atoms with Crippen LogP contribution in [-0.2, 0) is 0 Å². The number of benzene rings is 3. The number of hydrogen-bond donors (Lipinski definition) is 1. The van der Waals surface area contributed by atoms with Gasteiger partial charge in [0.05, 0.1) is 17.4 Å². The smallest absolute Gasteiger partial charge is 0.270 e. The number of amides is 1. The highest BCUT2D eigenvalue weighted by molar-refractivity contribution is 6.30. The molecule has 4 aromatic rings. The van der Waals surface area contributed by atoms with Crippen LogP contribution < -0.4 is 5.32 Å². The third-order valence-corrected chi connectivity index (χ3v) is 4.98. The molecule has 3 aromatic carbocycles. The van der Waals surface area contributed by atoms with E-state index in [0.717, 1.165) is 22.5 Å². The summed E-state index contributed by atoms with van der Waals surface area (Å²) in [5.41, 5.74) is 4.01. The van der Waals surface area contributed by atoms with Crippen LogP contribution in [0, 0.1) is 0 Å². The molecule has 144 valence electrons. The third kappa shape index (κ3) is 4.23. The van der Waals surface area contributed by atoms with Gasteiger partial charge in [0.2, 0.25) is 0 Å². The van der Waals surface area contributed by atoms with E-state index in [1.165, 1.54) is 0 Å². The molecule has 0 aliphatic rings. The maximum Gasteiger partial charge on any atom is 0.270 e. The molecule has 1 atom stereocenters. The van der Waals surface area contributed by atoms with Crippen LogP contribution in [0.5, 0.6) is 0 Å². The zero-order valence-corrected chi connectivity index (χ0v) is 16.7. The first-order valence-corrected chi connectivity index (χ1v) is 9.77. The van der Waals surface area contributed by atoms with Gasteiger partial charge in [-0.25, -0.2) is 4.68 Å². The molecule has 29 heavy (non-hydrogen) atoms. The quantitative estimate of drug-likeness (QED) is 0.467. The summed E-state index contributed by atoms with van der Waals surface area (Å²) in [6.45, 7) is 1.95. The van der Waals surface area contributed by atoms with E-state index in [9.17, 15) is 4.79 Å². The Labute approximate surface area is 174 Å². The maximum absolute atomic E-state index is 13.1. The lowest BCUT2D eigenvalue weighted by molar-refractivity contribution is 0.0932. The van der Waals surface area contributed by atoms with Crippen LogP contribution in [0.4, 0.5) is 0 Å². The van der Waals surface area contributed by atoms with E-state index in [4.69, 9.17) is 16.7 Å². The van der Waals surface area contributed by atoms with Crippen molar-refractivity contribution < 1.29 is 4.79 Å². The largest absolute Gasteiger partial charge is 0.344 e. The van der Waals surface area contributed by atoms with Crippen LogP contribution in [0.1, 0.15) is 29.0 Å². The fraction of sp³-hybridized carbons (Fsp3) is 0.0833. The number of hydrogen-bond acceptors (Lipinski definition) is 2. The van der Waals surface area contributed by atoms with E-state index in [1.54, 1.807) is 4.68 Å². The van der Waals surface area contributed by atoms with Gasteiger partial charge in [0.25, 0.3) is 5.91 Å². The average molecular weight is 402 g/mol. The average Bonchev–Trinajstić information content (AvgIpc) is 3.21. The van der Waals surface area contributed by atoms with Gasteiger partial charge in [0.15, 0.2) is 0 Å². The van der Waals surface area contributed by atoms with Crippen molar-refractivity contribution in [3.05, 3.63) is 107 Å². The fourth-order valence-electron chi connectivity index (χ4n) is 3.16. The molecule has 0 aliphatic heterocycles. The lowest BCUT2D eigenvalue weighted by Gasteiger charge is -2.15. The van der Waals surface area contributed by atoms with Gasteiger partial charge >= 0.3 is 0 Å². The molecule has 0 fully saturated rings. The van der Waals surface area contributed by atoms with Gasteiger partial charge in [-0.05, 0) is 42.8 Å². The molecular weight excluding hydrogens is 382 g/mol. The molecule has 1 amide bonds. The summed E-state index contributed by atoms with van der Waals surface area (Å²) in [4.78, 5) is 13.1. The van der Waals surface area contributed by atoms with Crippen molar-refractivity contribution >= 4 is 17.5 Å². The Balaban J connectivity index is 1.68. The summed E-state index contributed by atoms with van der Waals surface area (Å²) in [5.74, 6) is -0.189. The van der Waals surface area contributed by atoms with Crippen LogP contribution in [0.15, 0.2) is 91.0 Å². The van der Waals surface area contributed by atoms with Gasteiger partial charge in [-0.3, -0.25) is 4.79 Å². The summed E-state index contributed by atoms with van der Waals surface area (Å²) in [6.07, 6.45) is 0. The minimum absolute atomic E-state index is 0.168. The molecule has 1 heterocycles. The number of carbonyl (C=O) groups excluding carboxylic acids is 1. The molecular formula is C24H20ClN3O. The standard InChI is InChI=1S/C24H20ClN3O/c1-17(18-12-14-20(25)15-13-18)26-24(29)23-16-22(19-8-4-2-5-9-19)27-28(23)21-10-6-3-7-11-21/h2-17H,1H3,(H,26,29)/t17-/m1/s1. The first-order chi connectivity index (χ1) is 14.1. The first-order valence-electron chi connectivity index (χ1n) is 9.39. The van der Waals surface area contributed by atoms with Crippen molar-refractivity contribution in [1.29, 1.82) is 0 Å². The molecule has 5 heteroatoms. The Bertz CT molecular complexity index is 1110. The lowest BCUT2D eigenvalue weighted by Crippen LogP contribution is -2.28. The number of nitrogens with zero attached hydrogens (tertiary/aromatic N) is 2. The topological polar surface area (TPSA) is 46.9 Å². The van der Waals surface area contributed by atoms with Crippen LogP contribution in [0.2, 0.25) is 5.02 Å². The van der Waals surface area contributed by atoms with Crippen LogP contribution in [0.3, 0.4) is 0 Å². The van der Waals surface area contributed by atoms with E-state index >= 15 is 0 Å². The molecule has 0 spiro atoms. The van der Waals surface area contributed by atoms with Crippen molar-refractivity contribution in [1.82, 2.24) is 15.1 Å². The molecule has 0 unspecified atom stereocenters. The summed E-state index contributed by atoms with van der Waals surface area (Å²) in [5, 5.41) is 8.43. The summed E-state index contributed by atoms with van der Waals surface area (Å²) in [6, 6.07) is 28.6. The molecule has 1 aromatic heterocycles. The maximum atomic E-state index is 13.1. The fourth-order valence-corrected chi connectivity index (χ4v) is 3.29. The molecule has 0 aliphatic carbocycles. The second-order valence-electron chi connectivity index (χ2n) is 6.77. The van der Waals surface area contributed by atoms with Gasteiger partial charge in [-0.15, -0.1) is 0 Å². The lowest BCUT2D eigenvalue weighted by atomic mass is 10.1. The molecule has 1 N–H and O–H groups in total. The monoisotopic (exact) mass is 401 g/mol. The van der Waals surface area contributed by atoms with Gasteiger partial charge in [-0.2, -0.15) is 5.10 Å². The highest BCUT2D eigenvalue weighted by atomic mass is 35.5. The zero-order valence-electron chi connectivity index (χ0n) is 15.9. The van der Waals surface area contributed by atoms with Crippen molar-refractivity contribution in [2.24, 2.45) is 0 Å². The predicted molar refractivity (Wildman–Crippen MR) is 116 cm³/mol. The second-order valence-corrected chi connectivity index (χ2v) is 7.21. The van der Waals surface area contributed by atoms with Crippen molar-refractivity contribution in [2.75, 3.05) is 0 Å². The van der Waals surface area contributed by atoms with Crippen molar-refractivity contribution in [3.63, 3.8) is 0 Å². The molecule has 0 radical (unpaired) electrons. The van der Waals surface area contributed by atoms with Crippen LogP contribution >= 0.6 is 11.6 Å². The highest BCUT2D eigenvalue weighted by Gasteiger charge is 2.19. The number of carbonyl (C=O) groups is 1. The van der Waals surface area contributed by atoms with E-state index < -0.39 is 0 Å². The normalized spacial score (nSPS) is 11.8. The highest BCUT2D eigenvalue weighted by Crippen LogP contribution is 2.23. The third-order valence-electron chi connectivity index (χ3n) is 4.73. The van der Waals surface area contributed by atoms with Gasteiger partial charge < -0.3 is 5.32 Å². The Morgan fingerprint density at radius 1 is 0.931 bits per heavy atom. The molecule has 0 saturated heterocycles. The number of rotatable bonds is 5. The van der Waals surface area contributed by atoms with Crippen molar-refractivity contribution in [3.8, 4) is 16.9 Å². The molecule has 0 bridgehead atoms. The number of halogens is 1. The summed E-state index contributed by atoms with van der Waals surface area (Å²) >= 11 is 5.97. The van der Waals surface area contributed by atoms with Gasteiger partial charge in [0, 0.05) is 10.6 Å². The molecule has 4 nitrogen and oxygen atoms in total. The Morgan fingerprint density at radius 2 is 1.55 bits per heavy atom. The van der Waals surface area contributed by atoms with E-state index in [-0.39, 0.29) is 11.9 Å². The van der Waals surface area contributed by atoms with Gasteiger partial charge in [0.1, 0.15) is 5.69 Å². The second kappa shape index (κ2) is 8.33. The summed E-state index contributed by atoms with van der Waals surface area (Å²) < 4.78 is 1.69. The number of para-hydroxylation sites is 1. The zero-order chi connectivity index (χ0) is 20.2. The molecule has 0 saturated carbocycles. The van der Waals surface area contributed by atoms with E-state index in [0.29, 0.717) is 10.7 Å². The van der Waals surface area contributed by atoms with E-state index in [2.05, 4.69) is 5.32 Å². The SMILES string of the molecule is C[C@@H](NC(=O)c1cc(-c2ccccc2)nn1-c1ccccc1)c1ccc(Cl)cc1. The molecule has 4 rings (SSSR count). The minimum Gasteiger partial charge on any atom is -0.344 e. The predicted octanol–water partition coefficient (Wildman–Crippen LogP) is 5.68. The number of aromatic nitrogens is 2. The Hall–Kier alpha value is -3.37. The summed E-state index contributed by atoms with van der Waals surface area (Å²) in [7, 11) is 0. The van der Waals surface area contributed by atoms with Crippen molar-refractivity contribution in [2.45, 2.75) is 13.0 Å². The number of nitrogens with one attached hydrogen (secondary N) is 1. The Morgan fingerprint density at radius 3 is 2.21 bits per heavy atom. The van der Waals surface area contributed by atoms with Gasteiger partial charge in [-0.1, -0.05) is 72.3 Å². The van der Waals surface area contributed by atoms with Crippen LogP contribution in [0.25, 0.3) is 16.9 Å². The first kappa shape index (κ1) is 19.0. The minimum atomic E-state index is -0.189. The Kier molecular flexibility index (Phi) is 5.45.